The average Bonchev–Trinajstić information content (AvgIpc) is 2.72. The van der Waals surface area contributed by atoms with Crippen molar-refractivity contribution in [2.75, 3.05) is 5.73 Å². The summed E-state index contributed by atoms with van der Waals surface area (Å²) in [6, 6.07) is 8.51. The van der Waals surface area contributed by atoms with Gasteiger partial charge in [0.15, 0.2) is 0 Å². The third kappa shape index (κ3) is 3.56. The SMILES string of the molecule is Cc1ccc(CNS(=O)(=O)c2ccc(N)cc2Br)s1. The van der Waals surface area contributed by atoms with Crippen LogP contribution in [0.25, 0.3) is 0 Å². The first-order valence-corrected chi connectivity index (χ1v) is 8.58. The third-order valence-corrected chi connectivity index (χ3v) is 5.86. The number of hydrogen-bond acceptors (Lipinski definition) is 4. The Bertz CT molecular complexity index is 696. The predicted molar refractivity (Wildman–Crippen MR) is 81.6 cm³/mol. The summed E-state index contributed by atoms with van der Waals surface area (Å²) < 4.78 is 27.4. The highest BCUT2D eigenvalue weighted by atomic mass is 79.9. The third-order valence-electron chi connectivity index (χ3n) is 2.48. The number of rotatable bonds is 4. The first-order valence-electron chi connectivity index (χ1n) is 5.48. The van der Waals surface area contributed by atoms with E-state index in [9.17, 15) is 8.42 Å². The minimum absolute atomic E-state index is 0.190. The Kier molecular flexibility index (Phi) is 4.29. The summed E-state index contributed by atoms with van der Waals surface area (Å²) in [6.45, 7) is 2.27. The largest absolute Gasteiger partial charge is 0.399 e. The van der Waals surface area contributed by atoms with Crippen LogP contribution in [0.1, 0.15) is 9.75 Å². The summed E-state index contributed by atoms with van der Waals surface area (Å²) in [5.41, 5.74) is 6.11. The topological polar surface area (TPSA) is 72.2 Å². The molecule has 0 atom stereocenters. The Morgan fingerprint density at radius 2 is 2.05 bits per heavy atom. The molecule has 1 heterocycles. The van der Waals surface area contributed by atoms with Crippen LogP contribution in [-0.4, -0.2) is 8.42 Å². The van der Waals surface area contributed by atoms with E-state index in [4.69, 9.17) is 5.73 Å². The van der Waals surface area contributed by atoms with Crippen molar-refractivity contribution in [3.63, 3.8) is 0 Å². The molecule has 0 radical (unpaired) electrons. The molecule has 0 bridgehead atoms. The number of thiophene rings is 1. The normalized spacial score (nSPS) is 11.7. The molecule has 0 saturated carbocycles. The molecule has 0 amide bonds. The Morgan fingerprint density at radius 1 is 1.32 bits per heavy atom. The zero-order valence-electron chi connectivity index (χ0n) is 10.2. The number of nitrogens with one attached hydrogen (secondary N) is 1. The van der Waals surface area contributed by atoms with Gasteiger partial charge in [0.25, 0.3) is 0 Å². The van der Waals surface area contributed by atoms with Gasteiger partial charge in [-0.2, -0.15) is 0 Å². The number of nitrogen functional groups attached to an aromatic ring is 1. The predicted octanol–water partition coefficient (Wildman–Crippen LogP) is 2.88. The van der Waals surface area contributed by atoms with Gasteiger partial charge in [-0.25, -0.2) is 13.1 Å². The number of sulfonamides is 1. The van der Waals surface area contributed by atoms with Gasteiger partial charge in [-0.15, -0.1) is 11.3 Å². The van der Waals surface area contributed by atoms with Gasteiger partial charge in [-0.3, -0.25) is 0 Å². The second kappa shape index (κ2) is 5.62. The van der Waals surface area contributed by atoms with Crippen LogP contribution in [0.15, 0.2) is 39.7 Å². The lowest BCUT2D eigenvalue weighted by Crippen LogP contribution is -2.23. The summed E-state index contributed by atoms with van der Waals surface area (Å²) in [5, 5.41) is 0. The zero-order chi connectivity index (χ0) is 14.0. The molecular weight excluding hydrogens is 348 g/mol. The molecule has 0 aliphatic heterocycles. The molecule has 0 spiro atoms. The van der Waals surface area contributed by atoms with Gasteiger partial charge < -0.3 is 5.73 Å². The van der Waals surface area contributed by atoms with Gasteiger partial charge in [-0.05, 0) is 53.2 Å². The number of halogens is 1. The Hall–Kier alpha value is -0.890. The maximum atomic E-state index is 12.2. The van der Waals surface area contributed by atoms with Gasteiger partial charge in [0.1, 0.15) is 0 Å². The van der Waals surface area contributed by atoms with E-state index in [1.807, 2.05) is 19.1 Å². The van der Waals surface area contributed by atoms with Crippen molar-refractivity contribution >= 4 is 43.0 Å². The van der Waals surface area contributed by atoms with Crippen molar-refractivity contribution in [3.05, 3.63) is 44.6 Å². The molecule has 0 unspecified atom stereocenters. The lowest BCUT2D eigenvalue weighted by atomic mass is 10.3. The fourth-order valence-electron chi connectivity index (χ4n) is 1.56. The highest BCUT2D eigenvalue weighted by molar-refractivity contribution is 9.10. The fourth-order valence-corrected chi connectivity index (χ4v) is 4.58. The van der Waals surface area contributed by atoms with E-state index in [0.717, 1.165) is 9.75 Å². The van der Waals surface area contributed by atoms with Crippen molar-refractivity contribution in [2.45, 2.75) is 18.4 Å². The number of anilines is 1. The van der Waals surface area contributed by atoms with E-state index in [2.05, 4.69) is 20.7 Å². The molecule has 2 aromatic rings. The Labute approximate surface area is 124 Å². The van der Waals surface area contributed by atoms with Crippen molar-refractivity contribution < 1.29 is 8.42 Å². The summed E-state index contributed by atoms with van der Waals surface area (Å²) in [6.07, 6.45) is 0. The number of nitrogens with two attached hydrogens (primary N) is 1. The lowest BCUT2D eigenvalue weighted by Gasteiger charge is -2.08. The van der Waals surface area contributed by atoms with Crippen molar-refractivity contribution in [1.82, 2.24) is 4.72 Å². The van der Waals surface area contributed by atoms with Crippen molar-refractivity contribution in [3.8, 4) is 0 Å². The van der Waals surface area contributed by atoms with Crippen molar-refractivity contribution in [1.29, 1.82) is 0 Å². The maximum Gasteiger partial charge on any atom is 0.242 e. The molecule has 102 valence electrons. The fraction of sp³-hybridized carbons (Fsp3) is 0.167. The van der Waals surface area contributed by atoms with Crippen LogP contribution in [0.2, 0.25) is 0 Å². The van der Waals surface area contributed by atoms with E-state index < -0.39 is 10.0 Å². The quantitative estimate of drug-likeness (QED) is 0.823. The molecule has 2 rings (SSSR count). The molecule has 1 aromatic carbocycles. The number of hydrogen-bond donors (Lipinski definition) is 2. The first kappa shape index (κ1) is 14.5. The molecule has 0 saturated heterocycles. The first-order chi connectivity index (χ1) is 8.88. The van der Waals surface area contributed by atoms with Gasteiger partial charge in [-0.1, -0.05) is 0 Å². The van der Waals surface area contributed by atoms with Crippen LogP contribution in [-0.2, 0) is 16.6 Å². The van der Waals surface area contributed by atoms with Crippen molar-refractivity contribution in [2.24, 2.45) is 0 Å². The van der Waals surface area contributed by atoms with E-state index >= 15 is 0 Å². The van der Waals surface area contributed by atoms with Crippen LogP contribution < -0.4 is 10.5 Å². The van der Waals surface area contributed by atoms with Gasteiger partial charge in [0, 0.05) is 26.5 Å². The van der Waals surface area contributed by atoms with Crippen LogP contribution >= 0.6 is 27.3 Å². The Balaban J connectivity index is 2.18. The van der Waals surface area contributed by atoms with E-state index in [1.54, 1.807) is 23.5 Å². The number of aryl methyl sites for hydroxylation is 1. The minimum atomic E-state index is -3.54. The highest BCUT2D eigenvalue weighted by Gasteiger charge is 2.17. The summed E-state index contributed by atoms with van der Waals surface area (Å²) in [4.78, 5) is 2.32. The van der Waals surface area contributed by atoms with E-state index in [-0.39, 0.29) is 11.4 Å². The molecule has 3 N–H and O–H groups in total. The second-order valence-electron chi connectivity index (χ2n) is 4.03. The number of benzene rings is 1. The molecule has 0 aliphatic carbocycles. The van der Waals surface area contributed by atoms with E-state index in [0.29, 0.717) is 10.2 Å². The molecule has 1 aromatic heterocycles. The molecular formula is C12H13BrN2O2S2. The monoisotopic (exact) mass is 360 g/mol. The summed E-state index contributed by atoms with van der Waals surface area (Å²) >= 11 is 4.79. The smallest absolute Gasteiger partial charge is 0.242 e. The lowest BCUT2D eigenvalue weighted by molar-refractivity contribution is 0.581. The molecule has 0 aliphatic rings. The summed E-state index contributed by atoms with van der Waals surface area (Å²) in [7, 11) is -3.54. The Morgan fingerprint density at radius 3 is 2.63 bits per heavy atom. The molecule has 4 nitrogen and oxygen atoms in total. The summed E-state index contributed by atoms with van der Waals surface area (Å²) in [5.74, 6) is 0. The average molecular weight is 361 g/mol. The maximum absolute atomic E-state index is 12.2. The van der Waals surface area contributed by atoms with Crippen LogP contribution in [0.5, 0.6) is 0 Å². The van der Waals surface area contributed by atoms with Gasteiger partial charge >= 0.3 is 0 Å². The molecule has 0 fully saturated rings. The van der Waals surface area contributed by atoms with Crippen LogP contribution in [0, 0.1) is 6.92 Å². The highest BCUT2D eigenvalue weighted by Crippen LogP contribution is 2.24. The van der Waals surface area contributed by atoms with Gasteiger partial charge in [0.2, 0.25) is 10.0 Å². The molecule has 19 heavy (non-hydrogen) atoms. The molecule has 7 heteroatoms. The van der Waals surface area contributed by atoms with Crippen LogP contribution in [0.3, 0.4) is 0 Å². The van der Waals surface area contributed by atoms with E-state index in [1.165, 1.54) is 6.07 Å². The standard InChI is InChI=1S/C12H13BrN2O2S2/c1-8-2-4-10(18-8)7-15-19(16,17)12-5-3-9(14)6-11(12)13/h2-6,15H,7,14H2,1H3. The second-order valence-corrected chi connectivity index (χ2v) is 7.99. The zero-order valence-corrected chi connectivity index (χ0v) is 13.4. The minimum Gasteiger partial charge on any atom is -0.399 e. The van der Waals surface area contributed by atoms with Crippen LogP contribution in [0.4, 0.5) is 5.69 Å². The van der Waals surface area contributed by atoms with Gasteiger partial charge in [0.05, 0.1) is 4.90 Å².